The summed E-state index contributed by atoms with van der Waals surface area (Å²) in [7, 11) is 0. The quantitative estimate of drug-likeness (QED) is 0.383. The summed E-state index contributed by atoms with van der Waals surface area (Å²) in [4.78, 5) is 12.7. The number of hydrogen-bond acceptors (Lipinski definition) is 3. The first-order valence-corrected chi connectivity index (χ1v) is 10.3. The molecule has 1 N–H and O–H groups in total. The highest BCUT2D eigenvalue weighted by molar-refractivity contribution is 6.31. The molecule has 6 heteroatoms. The first-order chi connectivity index (χ1) is 14.8. The maximum Gasteiger partial charge on any atom is 0.266 e. The average Bonchev–Trinajstić information content (AvgIpc) is 3.03. The van der Waals surface area contributed by atoms with E-state index in [1.807, 2.05) is 64.1 Å². The molecule has 0 fully saturated rings. The van der Waals surface area contributed by atoms with Crippen LogP contribution in [0.4, 0.5) is 5.69 Å². The Morgan fingerprint density at radius 3 is 2.55 bits per heavy atom. The first kappa shape index (κ1) is 22.2. The van der Waals surface area contributed by atoms with Crippen LogP contribution in [0.2, 0.25) is 5.02 Å². The molecule has 0 radical (unpaired) electrons. The van der Waals surface area contributed by atoms with Gasteiger partial charge in [-0.25, -0.2) is 0 Å². The largest absolute Gasteiger partial charge is 0.494 e. The minimum Gasteiger partial charge on any atom is -0.494 e. The molecular formula is C25H24ClN3O2. The van der Waals surface area contributed by atoms with E-state index in [-0.39, 0.29) is 5.57 Å². The number of halogens is 1. The summed E-state index contributed by atoms with van der Waals surface area (Å²) in [5.74, 6) is 0.340. The van der Waals surface area contributed by atoms with Crippen LogP contribution >= 0.6 is 11.6 Å². The van der Waals surface area contributed by atoms with Crippen LogP contribution in [0.25, 0.3) is 11.8 Å². The lowest BCUT2D eigenvalue weighted by Crippen LogP contribution is -2.14. The van der Waals surface area contributed by atoms with Crippen LogP contribution in [0.5, 0.6) is 5.75 Å². The van der Waals surface area contributed by atoms with E-state index >= 15 is 0 Å². The third-order valence-electron chi connectivity index (χ3n) is 5.06. The van der Waals surface area contributed by atoms with E-state index in [2.05, 4.69) is 9.88 Å². The Kier molecular flexibility index (Phi) is 6.84. The topological polar surface area (TPSA) is 67.0 Å². The fraction of sp³-hybridized carbons (Fsp3) is 0.200. The number of nitrogens with one attached hydrogen (secondary N) is 1. The van der Waals surface area contributed by atoms with Crippen molar-refractivity contribution < 1.29 is 9.53 Å². The Labute approximate surface area is 187 Å². The van der Waals surface area contributed by atoms with Gasteiger partial charge in [-0.3, -0.25) is 4.79 Å². The molecule has 0 aliphatic heterocycles. The van der Waals surface area contributed by atoms with Crippen LogP contribution in [0.3, 0.4) is 0 Å². The molecule has 0 bridgehead atoms. The molecule has 0 aliphatic rings. The number of carbonyl (C=O) groups is 1. The van der Waals surface area contributed by atoms with Gasteiger partial charge in [-0.2, -0.15) is 5.26 Å². The van der Waals surface area contributed by atoms with Crippen molar-refractivity contribution in [1.82, 2.24) is 4.57 Å². The van der Waals surface area contributed by atoms with E-state index in [1.54, 1.807) is 24.3 Å². The summed E-state index contributed by atoms with van der Waals surface area (Å²) in [6, 6.07) is 17.1. The molecule has 1 heterocycles. The second-order valence-electron chi connectivity index (χ2n) is 7.13. The minimum absolute atomic E-state index is 0.0197. The summed E-state index contributed by atoms with van der Waals surface area (Å²) in [5, 5.41) is 12.9. The fourth-order valence-corrected chi connectivity index (χ4v) is 3.60. The van der Waals surface area contributed by atoms with Crippen molar-refractivity contribution >= 4 is 29.3 Å². The van der Waals surface area contributed by atoms with E-state index < -0.39 is 5.91 Å². The van der Waals surface area contributed by atoms with Crippen LogP contribution in [-0.2, 0) is 4.79 Å². The maximum absolute atomic E-state index is 12.7. The van der Waals surface area contributed by atoms with Crippen LogP contribution < -0.4 is 10.1 Å². The number of rotatable bonds is 6. The lowest BCUT2D eigenvalue weighted by atomic mass is 10.1. The van der Waals surface area contributed by atoms with Gasteiger partial charge >= 0.3 is 0 Å². The second kappa shape index (κ2) is 9.55. The van der Waals surface area contributed by atoms with Crippen LogP contribution in [0, 0.1) is 32.1 Å². The van der Waals surface area contributed by atoms with Gasteiger partial charge in [0.25, 0.3) is 5.91 Å². The van der Waals surface area contributed by atoms with Crippen molar-refractivity contribution in [3.63, 3.8) is 0 Å². The van der Waals surface area contributed by atoms with Gasteiger partial charge in [0.2, 0.25) is 0 Å². The third kappa shape index (κ3) is 4.82. The summed E-state index contributed by atoms with van der Waals surface area (Å²) < 4.78 is 7.59. The van der Waals surface area contributed by atoms with E-state index in [1.165, 1.54) is 0 Å². The highest BCUT2D eigenvalue weighted by atomic mass is 35.5. The van der Waals surface area contributed by atoms with Gasteiger partial charge in [0.15, 0.2) is 0 Å². The molecule has 2 aromatic carbocycles. The van der Waals surface area contributed by atoms with Crippen molar-refractivity contribution in [1.29, 1.82) is 5.26 Å². The third-order valence-corrected chi connectivity index (χ3v) is 5.47. The second-order valence-corrected chi connectivity index (χ2v) is 7.53. The number of anilines is 1. The monoisotopic (exact) mass is 433 g/mol. The standard InChI is InChI=1S/C25H24ClN3O2/c1-5-31-22-11-9-21(10-12-22)29-16(2)13-19(18(29)4)14-20(15-27)25(30)28-24-8-6-7-23(26)17(24)3/h6-14H,5H2,1-4H3,(H,28,30)/b20-14+. The van der Waals surface area contributed by atoms with Crippen molar-refractivity contribution in [2.24, 2.45) is 0 Å². The van der Waals surface area contributed by atoms with Gasteiger partial charge in [-0.1, -0.05) is 17.7 Å². The molecule has 0 atom stereocenters. The maximum atomic E-state index is 12.7. The molecule has 5 nitrogen and oxygen atoms in total. The van der Waals surface area contributed by atoms with Crippen molar-refractivity contribution in [3.05, 3.63) is 81.6 Å². The lowest BCUT2D eigenvalue weighted by molar-refractivity contribution is -0.112. The van der Waals surface area contributed by atoms with Crippen molar-refractivity contribution in [3.8, 4) is 17.5 Å². The summed E-state index contributed by atoms with van der Waals surface area (Å²) in [6.07, 6.45) is 1.61. The Morgan fingerprint density at radius 1 is 1.19 bits per heavy atom. The van der Waals surface area contributed by atoms with E-state index in [0.29, 0.717) is 17.3 Å². The average molecular weight is 434 g/mol. The SMILES string of the molecule is CCOc1ccc(-n2c(C)cc(/C=C(\C#N)C(=O)Nc3cccc(Cl)c3C)c2C)cc1. The number of aromatic nitrogens is 1. The van der Waals surface area contributed by atoms with Crippen LogP contribution in [0.15, 0.2) is 54.1 Å². The molecule has 158 valence electrons. The molecule has 0 aliphatic carbocycles. The number of ether oxygens (including phenoxy) is 1. The molecule has 1 aromatic heterocycles. The van der Waals surface area contributed by atoms with Crippen LogP contribution in [-0.4, -0.2) is 17.1 Å². The molecule has 1 amide bonds. The zero-order chi connectivity index (χ0) is 22.5. The Balaban J connectivity index is 1.91. The van der Waals surface area contributed by atoms with Gasteiger partial charge in [-0.15, -0.1) is 0 Å². The Hall–Kier alpha value is -3.49. The number of nitriles is 1. The number of amides is 1. The fourth-order valence-electron chi connectivity index (χ4n) is 3.43. The molecule has 31 heavy (non-hydrogen) atoms. The molecule has 3 aromatic rings. The summed E-state index contributed by atoms with van der Waals surface area (Å²) >= 11 is 6.13. The Morgan fingerprint density at radius 2 is 1.90 bits per heavy atom. The first-order valence-electron chi connectivity index (χ1n) is 9.96. The number of carbonyl (C=O) groups excluding carboxylic acids is 1. The smallest absolute Gasteiger partial charge is 0.266 e. The normalized spacial score (nSPS) is 11.2. The highest BCUT2D eigenvalue weighted by Gasteiger charge is 2.15. The van der Waals surface area contributed by atoms with Gasteiger partial charge in [0, 0.05) is 27.8 Å². The minimum atomic E-state index is -0.473. The van der Waals surface area contributed by atoms with Gasteiger partial charge in [-0.05, 0) is 87.4 Å². The number of hydrogen-bond donors (Lipinski definition) is 1. The molecular weight excluding hydrogens is 410 g/mol. The van der Waals surface area contributed by atoms with E-state index in [9.17, 15) is 10.1 Å². The van der Waals surface area contributed by atoms with Crippen molar-refractivity contribution in [2.75, 3.05) is 11.9 Å². The van der Waals surface area contributed by atoms with Gasteiger partial charge < -0.3 is 14.6 Å². The molecule has 0 unspecified atom stereocenters. The zero-order valence-corrected chi connectivity index (χ0v) is 18.7. The lowest BCUT2D eigenvalue weighted by Gasteiger charge is -2.11. The summed E-state index contributed by atoms with van der Waals surface area (Å²) in [6.45, 7) is 8.33. The van der Waals surface area contributed by atoms with Gasteiger partial charge in [0.1, 0.15) is 17.4 Å². The molecule has 3 rings (SSSR count). The highest BCUT2D eigenvalue weighted by Crippen LogP contribution is 2.26. The predicted molar refractivity (Wildman–Crippen MR) is 125 cm³/mol. The molecule has 0 spiro atoms. The van der Waals surface area contributed by atoms with E-state index in [0.717, 1.165) is 34.0 Å². The Bertz CT molecular complexity index is 1180. The summed E-state index contributed by atoms with van der Waals surface area (Å²) in [5.41, 5.74) is 5.07. The molecule has 0 saturated heterocycles. The zero-order valence-electron chi connectivity index (χ0n) is 18.0. The predicted octanol–water partition coefficient (Wildman–Crippen LogP) is 6.00. The van der Waals surface area contributed by atoms with Crippen LogP contribution in [0.1, 0.15) is 29.4 Å². The number of aryl methyl sites for hydroxylation is 1. The van der Waals surface area contributed by atoms with Crippen molar-refractivity contribution in [2.45, 2.75) is 27.7 Å². The van der Waals surface area contributed by atoms with E-state index in [4.69, 9.17) is 16.3 Å². The van der Waals surface area contributed by atoms with Gasteiger partial charge in [0.05, 0.1) is 6.61 Å². The molecule has 0 saturated carbocycles. The number of benzene rings is 2. The number of nitrogens with zero attached hydrogens (tertiary/aromatic N) is 2.